The Morgan fingerprint density at radius 1 is 1.09 bits per heavy atom. The first-order valence-electron chi connectivity index (χ1n) is 7.78. The molecule has 0 saturated carbocycles. The van der Waals surface area contributed by atoms with Gasteiger partial charge in [0.05, 0.1) is 18.2 Å². The van der Waals surface area contributed by atoms with Crippen molar-refractivity contribution in [2.45, 2.75) is 26.9 Å². The molecule has 0 fully saturated rings. The lowest BCUT2D eigenvalue weighted by Gasteiger charge is -2.11. The molecule has 2 rings (SSSR count). The summed E-state index contributed by atoms with van der Waals surface area (Å²) in [5.41, 5.74) is 4.23. The van der Waals surface area contributed by atoms with Gasteiger partial charge in [-0.15, -0.1) is 0 Å². The topological polar surface area (TPSA) is 60.2 Å². The summed E-state index contributed by atoms with van der Waals surface area (Å²) in [6.45, 7) is 6.26. The Hall–Kier alpha value is -2.80. The highest BCUT2D eigenvalue weighted by Gasteiger charge is 1.99. The van der Waals surface area contributed by atoms with E-state index in [0.29, 0.717) is 18.7 Å². The highest BCUT2D eigenvalue weighted by molar-refractivity contribution is 5.79. The predicted octanol–water partition coefficient (Wildman–Crippen LogP) is 3.12. The highest BCUT2D eigenvalue weighted by atomic mass is 15.2. The smallest absolute Gasteiger partial charge is 0.191 e. The summed E-state index contributed by atoms with van der Waals surface area (Å²) in [5, 5.41) is 15.4. The Labute approximate surface area is 137 Å². The fourth-order valence-electron chi connectivity index (χ4n) is 2.21. The standard InChI is InChI=1S/C19H22N4/c1-3-21-19(23-14-18-6-4-5-15(2)11-18)22-13-17-9-7-16(12-20)8-10-17/h4-11H,3,13-14H2,1-2H3,(H2,21,22,23). The summed E-state index contributed by atoms with van der Waals surface area (Å²) < 4.78 is 0. The number of nitrogens with zero attached hydrogens (tertiary/aromatic N) is 2. The molecule has 0 spiro atoms. The molecule has 2 N–H and O–H groups in total. The van der Waals surface area contributed by atoms with Crippen LogP contribution >= 0.6 is 0 Å². The highest BCUT2D eigenvalue weighted by Crippen LogP contribution is 2.05. The minimum atomic E-state index is 0.643. The van der Waals surface area contributed by atoms with Gasteiger partial charge in [-0.25, -0.2) is 4.99 Å². The Kier molecular flexibility index (Phi) is 6.19. The molecule has 0 heterocycles. The van der Waals surface area contributed by atoms with Crippen LogP contribution in [0.3, 0.4) is 0 Å². The molecule has 2 aromatic carbocycles. The Bertz CT molecular complexity index is 696. The van der Waals surface area contributed by atoms with Gasteiger partial charge in [0.15, 0.2) is 5.96 Å². The third-order valence-electron chi connectivity index (χ3n) is 3.39. The van der Waals surface area contributed by atoms with Gasteiger partial charge in [0.25, 0.3) is 0 Å². The first-order valence-corrected chi connectivity index (χ1v) is 7.78. The molecule has 118 valence electrons. The second-order valence-corrected chi connectivity index (χ2v) is 5.35. The zero-order valence-corrected chi connectivity index (χ0v) is 13.6. The summed E-state index contributed by atoms with van der Waals surface area (Å²) in [5.74, 6) is 0.790. The van der Waals surface area contributed by atoms with Gasteiger partial charge >= 0.3 is 0 Å². The molecular formula is C19H22N4. The van der Waals surface area contributed by atoms with Gasteiger partial charge in [-0.1, -0.05) is 42.0 Å². The van der Waals surface area contributed by atoms with Crippen LogP contribution in [0.4, 0.5) is 0 Å². The number of hydrogen-bond acceptors (Lipinski definition) is 2. The molecule has 0 amide bonds. The maximum Gasteiger partial charge on any atom is 0.191 e. The summed E-state index contributed by atoms with van der Waals surface area (Å²) in [6.07, 6.45) is 0. The first kappa shape index (κ1) is 16.6. The maximum absolute atomic E-state index is 8.82. The molecule has 0 bridgehead atoms. The van der Waals surface area contributed by atoms with Crippen molar-refractivity contribution in [2.75, 3.05) is 6.54 Å². The summed E-state index contributed by atoms with van der Waals surface area (Å²) in [6, 6.07) is 18.1. The Morgan fingerprint density at radius 3 is 2.52 bits per heavy atom. The van der Waals surface area contributed by atoms with Gasteiger partial charge in [0.1, 0.15) is 0 Å². The van der Waals surface area contributed by atoms with Crippen LogP contribution in [0.15, 0.2) is 53.5 Å². The number of aliphatic imine (C=N–C) groups is 1. The molecule has 0 saturated heterocycles. The second kappa shape index (κ2) is 8.60. The monoisotopic (exact) mass is 306 g/mol. The van der Waals surface area contributed by atoms with E-state index < -0.39 is 0 Å². The number of aryl methyl sites for hydroxylation is 1. The van der Waals surface area contributed by atoms with Crippen molar-refractivity contribution < 1.29 is 0 Å². The van der Waals surface area contributed by atoms with Crippen LogP contribution in [0.1, 0.15) is 29.2 Å². The fourth-order valence-corrected chi connectivity index (χ4v) is 2.21. The molecule has 0 atom stereocenters. The minimum Gasteiger partial charge on any atom is -0.357 e. The Balaban J connectivity index is 1.97. The molecule has 0 radical (unpaired) electrons. The second-order valence-electron chi connectivity index (χ2n) is 5.35. The van der Waals surface area contributed by atoms with E-state index in [0.717, 1.165) is 18.1 Å². The van der Waals surface area contributed by atoms with E-state index in [1.165, 1.54) is 11.1 Å². The van der Waals surface area contributed by atoms with Crippen molar-refractivity contribution in [1.29, 1.82) is 5.26 Å². The van der Waals surface area contributed by atoms with E-state index in [-0.39, 0.29) is 0 Å². The van der Waals surface area contributed by atoms with Gasteiger partial charge < -0.3 is 10.6 Å². The lowest BCUT2D eigenvalue weighted by molar-refractivity contribution is 0.816. The molecule has 4 nitrogen and oxygen atoms in total. The van der Waals surface area contributed by atoms with E-state index >= 15 is 0 Å². The molecule has 0 aliphatic carbocycles. The van der Waals surface area contributed by atoms with Crippen molar-refractivity contribution in [2.24, 2.45) is 4.99 Å². The molecule has 23 heavy (non-hydrogen) atoms. The maximum atomic E-state index is 8.82. The SMILES string of the molecule is CCNC(=NCc1cccc(C)c1)NCc1ccc(C#N)cc1. The predicted molar refractivity (Wildman–Crippen MR) is 94.0 cm³/mol. The van der Waals surface area contributed by atoms with E-state index in [1.54, 1.807) is 0 Å². The molecule has 0 aromatic heterocycles. The number of rotatable bonds is 5. The van der Waals surface area contributed by atoms with Gasteiger partial charge in [-0.2, -0.15) is 5.26 Å². The van der Waals surface area contributed by atoms with Gasteiger partial charge in [0.2, 0.25) is 0 Å². The van der Waals surface area contributed by atoms with Gasteiger partial charge in [-0.3, -0.25) is 0 Å². The van der Waals surface area contributed by atoms with E-state index in [4.69, 9.17) is 5.26 Å². The lowest BCUT2D eigenvalue weighted by atomic mass is 10.1. The molecule has 4 heteroatoms. The molecule has 0 unspecified atom stereocenters. The average molecular weight is 306 g/mol. The zero-order chi connectivity index (χ0) is 16.5. The summed E-state index contributed by atoms with van der Waals surface area (Å²) in [7, 11) is 0. The van der Waals surface area contributed by atoms with Crippen LogP contribution in [0.25, 0.3) is 0 Å². The third kappa shape index (κ3) is 5.48. The number of hydrogen-bond donors (Lipinski definition) is 2. The zero-order valence-electron chi connectivity index (χ0n) is 13.6. The van der Waals surface area contributed by atoms with Crippen molar-refractivity contribution in [1.82, 2.24) is 10.6 Å². The van der Waals surface area contributed by atoms with Gasteiger partial charge in [0, 0.05) is 13.1 Å². The van der Waals surface area contributed by atoms with Crippen molar-refractivity contribution in [3.05, 3.63) is 70.8 Å². The van der Waals surface area contributed by atoms with E-state index in [2.05, 4.69) is 52.9 Å². The van der Waals surface area contributed by atoms with E-state index in [1.807, 2.05) is 31.2 Å². The summed E-state index contributed by atoms with van der Waals surface area (Å²) >= 11 is 0. The number of nitrogens with one attached hydrogen (secondary N) is 2. The van der Waals surface area contributed by atoms with Crippen LogP contribution in [-0.4, -0.2) is 12.5 Å². The molecule has 0 aliphatic rings. The largest absolute Gasteiger partial charge is 0.357 e. The Morgan fingerprint density at radius 2 is 1.87 bits per heavy atom. The van der Waals surface area contributed by atoms with Crippen LogP contribution in [0.2, 0.25) is 0 Å². The fraction of sp³-hybridized carbons (Fsp3) is 0.263. The van der Waals surface area contributed by atoms with Crippen molar-refractivity contribution in [3.63, 3.8) is 0 Å². The molecule has 2 aromatic rings. The summed E-state index contributed by atoms with van der Waals surface area (Å²) in [4.78, 5) is 4.62. The number of benzene rings is 2. The van der Waals surface area contributed by atoms with E-state index in [9.17, 15) is 0 Å². The normalized spacial score (nSPS) is 10.9. The molecular weight excluding hydrogens is 284 g/mol. The minimum absolute atomic E-state index is 0.643. The number of guanidine groups is 1. The van der Waals surface area contributed by atoms with Crippen LogP contribution in [-0.2, 0) is 13.1 Å². The molecule has 0 aliphatic heterocycles. The first-order chi connectivity index (χ1) is 11.2. The van der Waals surface area contributed by atoms with Crippen molar-refractivity contribution >= 4 is 5.96 Å². The van der Waals surface area contributed by atoms with Crippen LogP contribution < -0.4 is 10.6 Å². The van der Waals surface area contributed by atoms with Crippen molar-refractivity contribution in [3.8, 4) is 6.07 Å². The van der Waals surface area contributed by atoms with Gasteiger partial charge in [-0.05, 0) is 37.1 Å². The quantitative estimate of drug-likeness (QED) is 0.659. The third-order valence-corrected chi connectivity index (χ3v) is 3.39. The van der Waals surface area contributed by atoms with Crippen LogP contribution in [0, 0.1) is 18.3 Å². The number of nitriles is 1. The van der Waals surface area contributed by atoms with Crippen LogP contribution in [0.5, 0.6) is 0 Å². The lowest BCUT2D eigenvalue weighted by Crippen LogP contribution is -2.36. The average Bonchev–Trinajstić information content (AvgIpc) is 2.58.